The maximum atomic E-state index is 2.63. The van der Waals surface area contributed by atoms with E-state index in [9.17, 15) is 0 Å². The van der Waals surface area contributed by atoms with E-state index in [2.05, 4.69) is 192 Å². The maximum absolute atomic E-state index is 2.63. The van der Waals surface area contributed by atoms with Gasteiger partial charge in [0.05, 0.1) is 11.6 Å². The number of allylic oxidation sites excluding steroid dienone is 13. The van der Waals surface area contributed by atoms with Crippen molar-refractivity contribution in [1.29, 1.82) is 0 Å². The molecule has 0 aliphatic heterocycles. The van der Waals surface area contributed by atoms with E-state index in [4.69, 9.17) is 0 Å². The molecule has 0 radical (unpaired) electrons. The normalized spacial score (nSPS) is 22.5. The fourth-order valence-corrected chi connectivity index (χ4v) is 10.9. The monoisotopic (exact) mass is 718 g/mol. The fourth-order valence-electron chi connectivity index (χ4n) is 10.9. The quantitative estimate of drug-likeness (QED) is 0.172. The molecule has 56 heavy (non-hydrogen) atoms. The van der Waals surface area contributed by atoms with Gasteiger partial charge in [0.15, 0.2) is 0 Å². The molecular formula is C54H42N2. The van der Waals surface area contributed by atoms with Crippen LogP contribution in [0, 0.1) is 5.92 Å². The van der Waals surface area contributed by atoms with Crippen LogP contribution in [0.4, 0.5) is 11.4 Å². The topological polar surface area (TPSA) is 8.17 Å². The fraction of sp³-hybridized carbons (Fsp3) is 0.148. The number of para-hydroxylation sites is 1. The Balaban J connectivity index is 1.05. The van der Waals surface area contributed by atoms with Gasteiger partial charge < -0.3 is 9.47 Å². The molecule has 0 saturated carbocycles. The number of rotatable bonds is 5. The molecule has 268 valence electrons. The van der Waals surface area contributed by atoms with Crippen molar-refractivity contribution in [2.24, 2.45) is 5.92 Å². The van der Waals surface area contributed by atoms with Crippen LogP contribution < -0.4 is 4.90 Å². The van der Waals surface area contributed by atoms with E-state index in [0.29, 0.717) is 17.8 Å². The van der Waals surface area contributed by atoms with Crippen LogP contribution in [0.3, 0.4) is 0 Å². The molecule has 1 aromatic heterocycles. The lowest BCUT2D eigenvalue weighted by atomic mass is 9.72. The molecule has 1 heterocycles. The average Bonchev–Trinajstić information content (AvgIpc) is 3.77. The van der Waals surface area contributed by atoms with Crippen LogP contribution in [-0.2, 0) is 6.42 Å². The third kappa shape index (κ3) is 4.81. The number of nitrogens with zero attached hydrogens (tertiary/aromatic N) is 2. The Labute approximate surface area is 328 Å². The summed E-state index contributed by atoms with van der Waals surface area (Å²) < 4.78 is 2.63. The van der Waals surface area contributed by atoms with Gasteiger partial charge in [-0.3, -0.25) is 0 Å². The van der Waals surface area contributed by atoms with Crippen molar-refractivity contribution in [2.45, 2.75) is 43.6 Å². The highest BCUT2D eigenvalue weighted by Gasteiger charge is 2.44. The van der Waals surface area contributed by atoms with Crippen LogP contribution in [-0.4, -0.2) is 4.57 Å². The highest BCUT2D eigenvalue weighted by molar-refractivity contribution is 6.09. The van der Waals surface area contributed by atoms with Gasteiger partial charge in [0, 0.05) is 51.1 Å². The first kappa shape index (κ1) is 31.9. The van der Waals surface area contributed by atoms with Crippen molar-refractivity contribution in [1.82, 2.24) is 4.57 Å². The second-order valence-electron chi connectivity index (χ2n) is 16.2. The molecule has 0 saturated heterocycles. The molecule has 0 bridgehead atoms. The minimum atomic E-state index is 0.179. The predicted molar refractivity (Wildman–Crippen MR) is 235 cm³/mol. The Bertz CT molecular complexity index is 2880. The van der Waals surface area contributed by atoms with Crippen molar-refractivity contribution >= 4 is 50.9 Å². The summed E-state index contributed by atoms with van der Waals surface area (Å²) in [6.07, 6.45) is 32.4. The summed E-state index contributed by atoms with van der Waals surface area (Å²) in [5.41, 5.74) is 19.1. The third-order valence-corrected chi connectivity index (χ3v) is 13.3. The van der Waals surface area contributed by atoms with Crippen LogP contribution >= 0.6 is 0 Å². The summed E-state index contributed by atoms with van der Waals surface area (Å²) in [5, 5.41) is 2.61. The molecule has 0 fully saturated rings. The zero-order valence-electron chi connectivity index (χ0n) is 31.4. The van der Waals surface area contributed by atoms with Gasteiger partial charge in [-0.25, -0.2) is 0 Å². The van der Waals surface area contributed by atoms with E-state index in [1.165, 1.54) is 77.8 Å². The molecule has 4 unspecified atom stereocenters. The van der Waals surface area contributed by atoms with E-state index < -0.39 is 0 Å². The zero-order valence-corrected chi connectivity index (χ0v) is 31.4. The van der Waals surface area contributed by atoms with E-state index in [0.717, 1.165) is 25.7 Å². The van der Waals surface area contributed by atoms with Crippen LogP contribution in [0.1, 0.15) is 70.5 Å². The van der Waals surface area contributed by atoms with Crippen LogP contribution in [0.15, 0.2) is 187 Å². The number of hydrogen-bond acceptors (Lipinski definition) is 1. The summed E-state index contributed by atoms with van der Waals surface area (Å²) in [6, 6.07) is 41.5. The van der Waals surface area contributed by atoms with Gasteiger partial charge in [0.25, 0.3) is 0 Å². The van der Waals surface area contributed by atoms with E-state index in [1.807, 2.05) is 0 Å². The summed E-state index contributed by atoms with van der Waals surface area (Å²) in [7, 11) is 0. The molecule has 6 aliphatic rings. The number of aryl methyl sites for hydroxylation is 1. The van der Waals surface area contributed by atoms with Gasteiger partial charge in [-0.2, -0.15) is 0 Å². The van der Waals surface area contributed by atoms with Gasteiger partial charge in [0.1, 0.15) is 0 Å². The van der Waals surface area contributed by atoms with Crippen molar-refractivity contribution in [2.75, 3.05) is 4.90 Å². The second-order valence-corrected chi connectivity index (χ2v) is 16.2. The van der Waals surface area contributed by atoms with Gasteiger partial charge in [-0.15, -0.1) is 0 Å². The SMILES string of the molecule is C1=CCC(n2c3ccccc3c3ccc(N(C4=CCC5C(=C4)C4c6c(cccc65)C=C5C=CC=CC54)c4ccc5c(c4)CCC=C5)cc32)C(c2ccccc2)=C1. The molecule has 5 aromatic carbocycles. The Morgan fingerprint density at radius 1 is 0.661 bits per heavy atom. The maximum Gasteiger partial charge on any atom is 0.0632 e. The van der Waals surface area contributed by atoms with Crippen LogP contribution in [0.2, 0.25) is 0 Å². The molecule has 0 N–H and O–H groups in total. The van der Waals surface area contributed by atoms with Crippen LogP contribution in [0.5, 0.6) is 0 Å². The Kier molecular flexibility index (Phi) is 7.17. The Hall–Kier alpha value is -6.38. The highest BCUT2D eigenvalue weighted by Crippen LogP contribution is 2.59. The molecular weight excluding hydrogens is 677 g/mol. The van der Waals surface area contributed by atoms with E-state index in [-0.39, 0.29) is 6.04 Å². The lowest BCUT2D eigenvalue weighted by molar-refractivity contribution is 0.630. The number of anilines is 2. The predicted octanol–water partition coefficient (Wildman–Crippen LogP) is 13.7. The molecule has 2 heteroatoms. The molecule has 0 spiro atoms. The first-order valence-electron chi connectivity index (χ1n) is 20.4. The summed E-state index contributed by atoms with van der Waals surface area (Å²) in [6.45, 7) is 0. The van der Waals surface area contributed by atoms with Crippen molar-refractivity contribution < 1.29 is 0 Å². The summed E-state index contributed by atoms with van der Waals surface area (Å²) >= 11 is 0. The minimum absolute atomic E-state index is 0.179. The van der Waals surface area contributed by atoms with Gasteiger partial charge in [0.2, 0.25) is 0 Å². The number of benzene rings is 5. The molecule has 0 amide bonds. The molecule has 12 rings (SSSR count). The molecule has 4 atom stereocenters. The smallest absolute Gasteiger partial charge is 0.0632 e. The van der Waals surface area contributed by atoms with E-state index >= 15 is 0 Å². The minimum Gasteiger partial charge on any atom is -0.332 e. The van der Waals surface area contributed by atoms with Gasteiger partial charge in [-0.1, -0.05) is 151 Å². The van der Waals surface area contributed by atoms with Crippen molar-refractivity contribution in [3.05, 3.63) is 220 Å². The summed E-state index contributed by atoms with van der Waals surface area (Å²) in [5.74, 6) is 1.14. The molecule has 6 aromatic rings. The first-order chi connectivity index (χ1) is 27.8. The number of hydrogen-bond donors (Lipinski definition) is 0. The average molecular weight is 719 g/mol. The molecule has 6 aliphatic carbocycles. The lowest BCUT2D eigenvalue weighted by Crippen LogP contribution is -2.22. The Morgan fingerprint density at radius 3 is 2.50 bits per heavy atom. The van der Waals surface area contributed by atoms with Crippen molar-refractivity contribution in [3.63, 3.8) is 0 Å². The largest absolute Gasteiger partial charge is 0.332 e. The Morgan fingerprint density at radius 2 is 1.54 bits per heavy atom. The number of aromatic nitrogens is 1. The van der Waals surface area contributed by atoms with Crippen LogP contribution in [0.25, 0.3) is 39.5 Å². The standard InChI is InChI=1S/C54H42N2/c1-2-14-36(15-3-1)43-19-8-10-23-50(43)56-51-24-11-9-21-46(51)47-30-28-42(34-52(47)56)55(40-26-25-35-13-4-5-16-37(35)32-40)41-27-29-45-48-22-12-18-39-31-38-17-6-7-20-44(38)54(53(39)48)49(45)33-41/h1-4,6-15,17-22,24-28,30-34,44-45,50,54H,5,16,23,29H2. The summed E-state index contributed by atoms with van der Waals surface area (Å²) in [4.78, 5) is 2.57. The molecule has 2 nitrogen and oxygen atoms in total. The van der Waals surface area contributed by atoms with Gasteiger partial charge in [-0.05, 0) is 107 Å². The second kappa shape index (κ2) is 12.6. The third-order valence-electron chi connectivity index (χ3n) is 13.3. The first-order valence-corrected chi connectivity index (χ1v) is 20.4. The zero-order chi connectivity index (χ0) is 36.7. The number of fused-ring (bicyclic) bond motifs is 9. The van der Waals surface area contributed by atoms with Gasteiger partial charge >= 0.3 is 0 Å². The lowest BCUT2D eigenvalue weighted by Gasteiger charge is -2.34. The van der Waals surface area contributed by atoms with E-state index in [1.54, 1.807) is 11.1 Å². The van der Waals surface area contributed by atoms with Crippen molar-refractivity contribution in [3.8, 4) is 0 Å². The highest BCUT2D eigenvalue weighted by atomic mass is 15.2.